The molecule has 0 bridgehead atoms. The predicted molar refractivity (Wildman–Crippen MR) is 81.1 cm³/mol. The van der Waals surface area contributed by atoms with Gasteiger partial charge in [0.05, 0.1) is 5.02 Å². The molecule has 0 spiro atoms. The summed E-state index contributed by atoms with van der Waals surface area (Å²) in [7, 11) is -3.81. The SMILES string of the molecule is Cc1cc(NS(=O)(=O)c2cnc(N)c(Cl)c2)ncc1Br. The van der Waals surface area contributed by atoms with Gasteiger partial charge in [-0.05, 0) is 40.5 Å². The summed E-state index contributed by atoms with van der Waals surface area (Å²) in [4.78, 5) is 7.61. The second-order valence-corrected chi connectivity index (χ2v) is 6.91. The molecule has 0 aliphatic heterocycles. The van der Waals surface area contributed by atoms with Crippen LogP contribution in [0.3, 0.4) is 0 Å². The molecule has 2 aromatic heterocycles. The Morgan fingerprint density at radius 3 is 2.60 bits per heavy atom. The van der Waals surface area contributed by atoms with E-state index in [1.165, 1.54) is 12.3 Å². The van der Waals surface area contributed by atoms with Gasteiger partial charge in [0.25, 0.3) is 10.0 Å². The summed E-state index contributed by atoms with van der Waals surface area (Å²) < 4.78 is 27.5. The molecule has 0 unspecified atom stereocenters. The molecule has 0 saturated heterocycles. The molecule has 2 rings (SSSR count). The number of nitrogens with one attached hydrogen (secondary N) is 1. The highest BCUT2D eigenvalue weighted by Gasteiger charge is 2.17. The fourth-order valence-electron chi connectivity index (χ4n) is 1.37. The predicted octanol–water partition coefficient (Wildman–Crippen LogP) is 2.58. The summed E-state index contributed by atoms with van der Waals surface area (Å²) >= 11 is 9.06. The van der Waals surface area contributed by atoms with Gasteiger partial charge in [-0.2, -0.15) is 0 Å². The maximum absolute atomic E-state index is 12.2. The van der Waals surface area contributed by atoms with Crippen LogP contribution in [0.15, 0.2) is 33.9 Å². The van der Waals surface area contributed by atoms with Crippen LogP contribution >= 0.6 is 27.5 Å². The number of hydrogen-bond acceptors (Lipinski definition) is 5. The molecular weight excluding hydrogens is 368 g/mol. The van der Waals surface area contributed by atoms with Gasteiger partial charge in [0.1, 0.15) is 16.5 Å². The zero-order valence-corrected chi connectivity index (χ0v) is 13.4. The van der Waals surface area contributed by atoms with Crippen LogP contribution in [0, 0.1) is 6.92 Å². The number of halogens is 2. The molecule has 0 aliphatic rings. The molecule has 0 atom stereocenters. The van der Waals surface area contributed by atoms with E-state index in [-0.39, 0.29) is 21.6 Å². The quantitative estimate of drug-likeness (QED) is 0.856. The topological polar surface area (TPSA) is 98.0 Å². The Hall–Kier alpha value is -1.38. The van der Waals surface area contributed by atoms with Gasteiger partial charge in [-0.15, -0.1) is 0 Å². The Morgan fingerprint density at radius 2 is 2.00 bits per heavy atom. The Bertz CT molecular complexity index is 767. The molecule has 0 aromatic carbocycles. The average molecular weight is 378 g/mol. The minimum Gasteiger partial charge on any atom is -0.382 e. The van der Waals surface area contributed by atoms with Crippen molar-refractivity contribution >= 4 is 49.2 Å². The first-order valence-corrected chi connectivity index (χ1v) is 8.01. The van der Waals surface area contributed by atoms with Crippen LogP contribution in [-0.2, 0) is 10.0 Å². The number of nitrogens with zero attached hydrogens (tertiary/aromatic N) is 2. The van der Waals surface area contributed by atoms with Crippen molar-refractivity contribution in [2.45, 2.75) is 11.8 Å². The van der Waals surface area contributed by atoms with Crippen molar-refractivity contribution in [2.24, 2.45) is 0 Å². The molecule has 3 N–H and O–H groups in total. The maximum Gasteiger partial charge on any atom is 0.264 e. The Labute approximate surface area is 129 Å². The van der Waals surface area contributed by atoms with Gasteiger partial charge >= 0.3 is 0 Å². The van der Waals surface area contributed by atoms with Crippen molar-refractivity contribution in [1.82, 2.24) is 9.97 Å². The number of nitrogen functional groups attached to an aromatic ring is 1. The lowest BCUT2D eigenvalue weighted by molar-refractivity contribution is 0.600. The number of pyridine rings is 2. The fraction of sp³-hybridized carbons (Fsp3) is 0.0909. The van der Waals surface area contributed by atoms with Crippen molar-refractivity contribution in [3.63, 3.8) is 0 Å². The monoisotopic (exact) mass is 376 g/mol. The first kappa shape index (κ1) is 15.0. The minimum absolute atomic E-state index is 0.0724. The molecule has 0 saturated carbocycles. The van der Waals surface area contributed by atoms with Crippen LogP contribution in [0.2, 0.25) is 5.02 Å². The molecule has 2 aromatic rings. The lowest BCUT2D eigenvalue weighted by Crippen LogP contribution is -2.14. The second kappa shape index (κ2) is 5.55. The van der Waals surface area contributed by atoms with Gasteiger partial charge in [0, 0.05) is 16.9 Å². The zero-order chi connectivity index (χ0) is 14.9. The van der Waals surface area contributed by atoms with Crippen LogP contribution in [0.4, 0.5) is 11.6 Å². The Morgan fingerprint density at radius 1 is 1.30 bits per heavy atom. The normalized spacial score (nSPS) is 11.3. The van der Waals surface area contributed by atoms with Gasteiger partial charge < -0.3 is 5.73 Å². The van der Waals surface area contributed by atoms with Crippen molar-refractivity contribution in [2.75, 3.05) is 10.5 Å². The van der Waals surface area contributed by atoms with E-state index in [9.17, 15) is 8.42 Å². The summed E-state index contributed by atoms with van der Waals surface area (Å²) in [5.74, 6) is 0.280. The van der Waals surface area contributed by atoms with Gasteiger partial charge in [0.2, 0.25) is 0 Å². The second-order valence-electron chi connectivity index (χ2n) is 3.96. The van der Waals surface area contributed by atoms with Crippen molar-refractivity contribution in [1.29, 1.82) is 0 Å². The van der Waals surface area contributed by atoms with Crippen molar-refractivity contribution in [3.05, 3.63) is 39.6 Å². The first-order valence-electron chi connectivity index (χ1n) is 5.35. The standard InChI is InChI=1S/C11H10BrClN4O2S/c1-6-2-10(15-5-8(6)12)17-20(18,19)7-3-9(13)11(14)16-4-7/h2-5H,1H3,(H2,14,16)(H,15,17). The molecular formula is C11H10BrClN4O2S. The Balaban J connectivity index is 2.35. The largest absolute Gasteiger partial charge is 0.382 e. The number of aryl methyl sites for hydroxylation is 1. The van der Waals surface area contributed by atoms with Crippen molar-refractivity contribution in [3.8, 4) is 0 Å². The molecule has 106 valence electrons. The molecule has 6 nitrogen and oxygen atoms in total. The lowest BCUT2D eigenvalue weighted by atomic mass is 10.3. The van der Waals surface area contributed by atoms with Crippen LogP contribution in [0.25, 0.3) is 0 Å². The first-order chi connectivity index (χ1) is 9.29. The van der Waals surface area contributed by atoms with Crippen LogP contribution in [-0.4, -0.2) is 18.4 Å². The molecule has 0 radical (unpaired) electrons. The summed E-state index contributed by atoms with van der Waals surface area (Å²) in [6.45, 7) is 1.82. The number of hydrogen-bond donors (Lipinski definition) is 2. The Kier molecular flexibility index (Phi) is 4.17. The molecule has 0 fully saturated rings. The molecule has 20 heavy (non-hydrogen) atoms. The van der Waals surface area contributed by atoms with Crippen LogP contribution in [0.1, 0.15) is 5.56 Å². The van der Waals surface area contributed by atoms with Crippen LogP contribution < -0.4 is 10.5 Å². The van der Waals surface area contributed by atoms with Gasteiger partial charge in [-0.25, -0.2) is 18.4 Å². The highest BCUT2D eigenvalue weighted by Crippen LogP contribution is 2.23. The van der Waals surface area contributed by atoms with E-state index in [0.29, 0.717) is 0 Å². The van der Waals surface area contributed by atoms with E-state index in [1.807, 2.05) is 6.92 Å². The van der Waals surface area contributed by atoms with E-state index in [0.717, 1.165) is 16.2 Å². The van der Waals surface area contributed by atoms with Gasteiger partial charge in [-0.3, -0.25) is 4.72 Å². The third-order valence-corrected chi connectivity index (χ3v) is 4.90. The molecule has 9 heteroatoms. The summed E-state index contributed by atoms with van der Waals surface area (Å²) in [6, 6.07) is 2.84. The summed E-state index contributed by atoms with van der Waals surface area (Å²) in [5, 5.41) is 0.0767. The number of anilines is 2. The molecule has 0 aliphatic carbocycles. The summed E-state index contributed by atoms with van der Waals surface area (Å²) in [5.41, 5.74) is 6.30. The third-order valence-electron chi connectivity index (χ3n) is 2.44. The number of rotatable bonds is 3. The van der Waals surface area contributed by atoms with Gasteiger partial charge in [-0.1, -0.05) is 11.6 Å². The van der Waals surface area contributed by atoms with E-state index >= 15 is 0 Å². The van der Waals surface area contributed by atoms with E-state index < -0.39 is 10.0 Å². The summed E-state index contributed by atoms with van der Waals surface area (Å²) in [6.07, 6.45) is 2.65. The minimum atomic E-state index is -3.81. The zero-order valence-electron chi connectivity index (χ0n) is 10.3. The van der Waals surface area contributed by atoms with Crippen molar-refractivity contribution < 1.29 is 8.42 Å². The van der Waals surface area contributed by atoms with E-state index in [1.54, 1.807) is 6.07 Å². The van der Waals surface area contributed by atoms with E-state index in [2.05, 4.69) is 30.6 Å². The molecule has 2 heterocycles. The average Bonchev–Trinajstić information content (AvgIpc) is 2.37. The highest BCUT2D eigenvalue weighted by molar-refractivity contribution is 9.10. The number of nitrogens with two attached hydrogens (primary N) is 1. The molecule has 0 amide bonds. The highest BCUT2D eigenvalue weighted by atomic mass is 79.9. The number of sulfonamides is 1. The lowest BCUT2D eigenvalue weighted by Gasteiger charge is -2.09. The third kappa shape index (κ3) is 3.20. The van der Waals surface area contributed by atoms with Gasteiger partial charge in [0.15, 0.2) is 0 Å². The van der Waals surface area contributed by atoms with E-state index in [4.69, 9.17) is 17.3 Å². The maximum atomic E-state index is 12.2. The smallest absolute Gasteiger partial charge is 0.264 e. The number of aromatic nitrogens is 2. The van der Waals surface area contributed by atoms with Crippen LogP contribution in [0.5, 0.6) is 0 Å². The fourth-order valence-corrected chi connectivity index (χ4v) is 2.79.